The van der Waals surface area contributed by atoms with Crippen molar-refractivity contribution in [2.45, 2.75) is 57.8 Å². The van der Waals surface area contributed by atoms with Crippen molar-refractivity contribution >= 4 is 12.6 Å². The van der Waals surface area contributed by atoms with Crippen LogP contribution in [0.1, 0.15) is 46.6 Å². The van der Waals surface area contributed by atoms with E-state index in [9.17, 15) is 0 Å². The van der Waals surface area contributed by atoms with Gasteiger partial charge in [-0.3, -0.25) is 4.68 Å². The zero-order valence-electron chi connectivity index (χ0n) is 13.8. The molecule has 0 aliphatic carbocycles. The molecule has 5 nitrogen and oxygen atoms in total. The molecule has 2 fully saturated rings. The molecular weight excluding hydrogens is 265 g/mol. The van der Waals surface area contributed by atoms with E-state index in [1.165, 1.54) is 19.4 Å². The van der Waals surface area contributed by atoms with Crippen LogP contribution >= 0.6 is 0 Å². The second-order valence-electron chi connectivity index (χ2n) is 7.40. The first kappa shape index (κ1) is 15.1. The largest absolute Gasteiger partial charge is 0.498 e. The molecule has 21 heavy (non-hydrogen) atoms. The molecule has 6 heteroatoms. The molecule has 2 aliphatic rings. The number of likely N-dealkylation sites (N-methyl/N-ethyl adjacent to an activating group) is 1. The Morgan fingerprint density at radius 1 is 1.24 bits per heavy atom. The third-order valence-electron chi connectivity index (χ3n) is 5.12. The maximum atomic E-state index is 6.09. The van der Waals surface area contributed by atoms with Gasteiger partial charge in [-0.25, -0.2) is 0 Å². The summed E-state index contributed by atoms with van der Waals surface area (Å²) in [6.07, 6.45) is 6.39. The van der Waals surface area contributed by atoms with Gasteiger partial charge in [0.05, 0.1) is 17.2 Å². The van der Waals surface area contributed by atoms with Gasteiger partial charge in [0, 0.05) is 24.4 Å². The Bertz CT molecular complexity index is 499. The van der Waals surface area contributed by atoms with Crippen molar-refractivity contribution < 1.29 is 9.31 Å². The van der Waals surface area contributed by atoms with E-state index < -0.39 is 0 Å². The summed E-state index contributed by atoms with van der Waals surface area (Å²) in [4.78, 5) is 2.37. The number of likely N-dealkylation sites (tertiary alicyclic amines) is 1. The van der Waals surface area contributed by atoms with Crippen LogP contribution in [0.25, 0.3) is 0 Å². The van der Waals surface area contributed by atoms with Gasteiger partial charge in [0.2, 0.25) is 0 Å². The molecule has 0 aromatic carbocycles. The molecule has 0 bridgehead atoms. The smallest absolute Gasteiger partial charge is 0.399 e. The Morgan fingerprint density at radius 3 is 2.52 bits per heavy atom. The van der Waals surface area contributed by atoms with Crippen LogP contribution in [-0.4, -0.2) is 53.1 Å². The van der Waals surface area contributed by atoms with Crippen LogP contribution in [0.5, 0.6) is 0 Å². The third kappa shape index (κ3) is 2.76. The second kappa shape index (κ2) is 5.11. The van der Waals surface area contributed by atoms with Crippen LogP contribution in [-0.2, 0) is 9.31 Å². The van der Waals surface area contributed by atoms with Gasteiger partial charge in [0.25, 0.3) is 0 Å². The first-order valence-corrected chi connectivity index (χ1v) is 7.87. The normalized spacial score (nSPS) is 29.0. The van der Waals surface area contributed by atoms with E-state index in [-0.39, 0.29) is 18.3 Å². The molecule has 116 valence electrons. The summed E-state index contributed by atoms with van der Waals surface area (Å²) in [5, 5.41) is 4.54. The lowest BCUT2D eigenvalue weighted by molar-refractivity contribution is 0.00578. The van der Waals surface area contributed by atoms with E-state index in [0.29, 0.717) is 6.04 Å². The number of hydrogen-bond acceptors (Lipinski definition) is 4. The van der Waals surface area contributed by atoms with E-state index in [1.54, 1.807) is 0 Å². The van der Waals surface area contributed by atoms with E-state index in [2.05, 4.69) is 55.6 Å². The first-order valence-electron chi connectivity index (χ1n) is 7.87. The molecule has 0 spiro atoms. The molecule has 0 saturated carbocycles. The van der Waals surface area contributed by atoms with Crippen molar-refractivity contribution in [1.29, 1.82) is 0 Å². The first-order chi connectivity index (χ1) is 9.78. The summed E-state index contributed by atoms with van der Waals surface area (Å²) in [5.74, 6) is 0. The van der Waals surface area contributed by atoms with Crippen LogP contribution in [0, 0.1) is 0 Å². The van der Waals surface area contributed by atoms with Crippen molar-refractivity contribution in [3.8, 4) is 0 Å². The molecule has 1 aromatic rings. The van der Waals surface area contributed by atoms with Gasteiger partial charge in [0.1, 0.15) is 0 Å². The molecule has 2 saturated heterocycles. The lowest BCUT2D eigenvalue weighted by atomic mass is 9.82. The van der Waals surface area contributed by atoms with Gasteiger partial charge in [-0.15, -0.1) is 0 Å². The summed E-state index contributed by atoms with van der Waals surface area (Å²) >= 11 is 0. The van der Waals surface area contributed by atoms with E-state index in [1.807, 2.05) is 6.20 Å². The van der Waals surface area contributed by atoms with E-state index in [0.717, 1.165) is 12.0 Å². The Hall–Kier alpha value is -0.845. The number of nitrogens with zero attached hydrogens (tertiary/aromatic N) is 3. The average molecular weight is 291 g/mol. The van der Waals surface area contributed by atoms with Gasteiger partial charge >= 0.3 is 7.12 Å². The summed E-state index contributed by atoms with van der Waals surface area (Å²) in [5.41, 5.74) is 0.414. The monoisotopic (exact) mass is 291 g/mol. The summed E-state index contributed by atoms with van der Waals surface area (Å²) < 4.78 is 14.3. The number of rotatable bonds is 2. The van der Waals surface area contributed by atoms with Crippen LogP contribution in [0.2, 0.25) is 0 Å². The zero-order valence-corrected chi connectivity index (χ0v) is 13.8. The number of hydrogen-bond donors (Lipinski definition) is 0. The molecule has 1 aromatic heterocycles. The van der Waals surface area contributed by atoms with Crippen molar-refractivity contribution in [3.05, 3.63) is 12.4 Å². The molecule has 1 unspecified atom stereocenters. The zero-order chi connectivity index (χ0) is 15.3. The Kier molecular flexibility index (Phi) is 3.67. The molecule has 0 N–H and O–H groups in total. The third-order valence-corrected chi connectivity index (χ3v) is 5.12. The van der Waals surface area contributed by atoms with Crippen molar-refractivity contribution in [3.63, 3.8) is 0 Å². The van der Waals surface area contributed by atoms with Crippen molar-refractivity contribution in [1.82, 2.24) is 14.7 Å². The predicted octanol–water partition coefficient (Wildman–Crippen LogP) is 1.45. The number of aromatic nitrogens is 2. The lowest BCUT2D eigenvalue weighted by Gasteiger charge is -2.32. The maximum absolute atomic E-state index is 6.09. The molecule has 0 amide bonds. The number of piperidine rings is 1. The fourth-order valence-corrected chi connectivity index (χ4v) is 3.01. The van der Waals surface area contributed by atoms with Gasteiger partial charge in [-0.2, -0.15) is 5.10 Å². The highest BCUT2D eigenvalue weighted by atomic mass is 16.7. The van der Waals surface area contributed by atoms with Gasteiger partial charge in [-0.05, 0) is 54.1 Å². The molecule has 2 aliphatic heterocycles. The maximum Gasteiger partial charge on any atom is 0.498 e. The Balaban J connectivity index is 1.74. The van der Waals surface area contributed by atoms with Crippen LogP contribution in [0.3, 0.4) is 0 Å². The quantitative estimate of drug-likeness (QED) is 0.773. The van der Waals surface area contributed by atoms with Gasteiger partial charge in [0.15, 0.2) is 0 Å². The van der Waals surface area contributed by atoms with Crippen LogP contribution in [0.15, 0.2) is 12.4 Å². The summed E-state index contributed by atoms with van der Waals surface area (Å²) in [6, 6.07) is 0.458. The van der Waals surface area contributed by atoms with Gasteiger partial charge < -0.3 is 14.2 Å². The van der Waals surface area contributed by atoms with Crippen LogP contribution in [0.4, 0.5) is 0 Å². The van der Waals surface area contributed by atoms with E-state index in [4.69, 9.17) is 9.31 Å². The summed E-state index contributed by atoms with van der Waals surface area (Å²) in [6.45, 7) is 10.6. The molecular formula is C15H26BN3O2. The minimum absolute atomic E-state index is 0.301. The van der Waals surface area contributed by atoms with Crippen molar-refractivity contribution in [2.75, 3.05) is 20.1 Å². The SMILES string of the molecule is CN1CCCC(n2cc(B3OC(C)(C)C(C)(C)O3)cn2)C1. The molecule has 1 atom stereocenters. The molecule has 3 heterocycles. The van der Waals surface area contributed by atoms with Crippen LogP contribution < -0.4 is 5.46 Å². The standard InChI is InChI=1S/C15H26BN3O2/c1-14(2)15(3,4)21-16(20-14)12-9-17-19(10-12)13-7-6-8-18(5)11-13/h9-10,13H,6-8,11H2,1-5H3. The summed E-state index contributed by atoms with van der Waals surface area (Å²) in [7, 11) is 1.86. The topological polar surface area (TPSA) is 39.5 Å². The molecule has 0 radical (unpaired) electrons. The minimum Gasteiger partial charge on any atom is -0.399 e. The second-order valence-corrected chi connectivity index (χ2v) is 7.40. The average Bonchev–Trinajstić information content (AvgIpc) is 2.93. The Morgan fingerprint density at radius 2 is 1.90 bits per heavy atom. The fraction of sp³-hybridized carbons (Fsp3) is 0.800. The van der Waals surface area contributed by atoms with E-state index >= 15 is 0 Å². The van der Waals surface area contributed by atoms with Crippen molar-refractivity contribution in [2.24, 2.45) is 0 Å². The Labute approximate surface area is 127 Å². The highest BCUT2D eigenvalue weighted by Gasteiger charge is 2.52. The highest BCUT2D eigenvalue weighted by Crippen LogP contribution is 2.36. The minimum atomic E-state index is -0.315. The highest BCUT2D eigenvalue weighted by molar-refractivity contribution is 6.61. The van der Waals surface area contributed by atoms with Gasteiger partial charge in [-0.1, -0.05) is 0 Å². The molecule has 3 rings (SSSR count). The fourth-order valence-electron chi connectivity index (χ4n) is 3.01. The lowest BCUT2D eigenvalue weighted by Crippen LogP contribution is -2.41. The predicted molar refractivity (Wildman–Crippen MR) is 83.7 cm³/mol.